The third-order valence-corrected chi connectivity index (χ3v) is 7.43. The van der Waals surface area contributed by atoms with Crippen molar-refractivity contribution >= 4 is 23.4 Å². The minimum atomic E-state index is -1.37. The number of aliphatic hydroxyl groups excluding tert-OH is 1. The van der Waals surface area contributed by atoms with Crippen molar-refractivity contribution in [2.75, 3.05) is 11.9 Å². The van der Waals surface area contributed by atoms with Crippen LogP contribution in [0.3, 0.4) is 0 Å². The third kappa shape index (κ3) is 2.71. The second-order valence-electron chi connectivity index (χ2n) is 9.17. The zero-order valence-corrected chi connectivity index (χ0v) is 18.4. The van der Waals surface area contributed by atoms with Crippen molar-refractivity contribution in [1.82, 2.24) is 10.2 Å². The highest BCUT2D eigenvalue weighted by Gasteiger charge is 2.71. The molecule has 0 radical (unpaired) electrons. The van der Waals surface area contributed by atoms with Crippen molar-refractivity contribution in [2.45, 2.75) is 44.9 Å². The molecule has 5 atom stereocenters. The Labute approximate surface area is 186 Å². The average Bonchev–Trinajstić information content (AvgIpc) is 3.36. The first kappa shape index (κ1) is 20.8. The molecule has 3 aliphatic rings. The highest BCUT2D eigenvalue weighted by Crippen LogP contribution is 2.54. The van der Waals surface area contributed by atoms with Crippen LogP contribution in [0.25, 0.3) is 0 Å². The van der Waals surface area contributed by atoms with Crippen LogP contribution in [0.1, 0.15) is 29.2 Å². The van der Waals surface area contributed by atoms with Crippen LogP contribution < -0.4 is 10.6 Å². The quantitative estimate of drug-likeness (QED) is 0.637. The molecule has 2 saturated heterocycles. The molecule has 5 rings (SSSR count). The Morgan fingerprint density at radius 3 is 2.47 bits per heavy atom. The van der Waals surface area contributed by atoms with Gasteiger partial charge in [-0.05, 0) is 43.9 Å². The number of nitrogens with zero attached hydrogens (tertiary/aromatic N) is 1. The maximum atomic E-state index is 13.7. The van der Waals surface area contributed by atoms with Gasteiger partial charge < -0.3 is 10.4 Å². The monoisotopic (exact) mass is 433 g/mol. The molecule has 2 fully saturated rings. The Kier molecular flexibility index (Phi) is 4.72. The number of aliphatic hydroxyl groups is 1. The van der Waals surface area contributed by atoms with Gasteiger partial charge in [-0.3, -0.25) is 24.6 Å². The highest BCUT2D eigenvalue weighted by atomic mass is 16.3. The Morgan fingerprint density at radius 2 is 1.78 bits per heavy atom. The number of aryl methyl sites for hydroxylation is 1. The number of fused-ring (bicyclic) bond motifs is 4. The Balaban J connectivity index is 1.57. The van der Waals surface area contributed by atoms with Crippen molar-refractivity contribution in [3.63, 3.8) is 0 Å². The number of carbonyl (C=O) groups is 3. The van der Waals surface area contributed by atoms with Crippen LogP contribution in [0.4, 0.5) is 5.69 Å². The summed E-state index contributed by atoms with van der Waals surface area (Å²) in [5, 5.41) is 16.7. The molecule has 1 spiro atoms. The van der Waals surface area contributed by atoms with Crippen LogP contribution in [0, 0.1) is 25.7 Å². The van der Waals surface area contributed by atoms with Gasteiger partial charge in [0.25, 0.3) is 0 Å². The van der Waals surface area contributed by atoms with Crippen molar-refractivity contribution in [3.8, 4) is 0 Å². The summed E-state index contributed by atoms with van der Waals surface area (Å²) in [5.74, 6) is -2.71. The number of amides is 3. The number of benzene rings is 2. The molecule has 3 heterocycles. The van der Waals surface area contributed by atoms with Gasteiger partial charge in [-0.1, -0.05) is 42.5 Å². The first-order chi connectivity index (χ1) is 15.3. The molecule has 0 saturated carbocycles. The minimum absolute atomic E-state index is 0.249. The molecule has 0 unspecified atom stereocenters. The number of nitrogens with one attached hydrogen (secondary N) is 2. The van der Waals surface area contributed by atoms with Gasteiger partial charge in [0.2, 0.25) is 17.7 Å². The van der Waals surface area contributed by atoms with Crippen LogP contribution in [-0.4, -0.2) is 46.4 Å². The van der Waals surface area contributed by atoms with Crippen molar-refractivity contribution < 1.29 is 19.5 Å². The maximum absolute atomic E-state index is 13.7. The van der Waals surface area contributed by atoms with Gasteiger partial charge in [0.1, 0.15) is 5.54 Å². The topological polar surface area (TPSA) is 98.7 Å². The SMILES string of the molecule is Cc1ccc2c(c1C)NC(=O)[C@@]21N[C@@H]([C@@H](C)O)[C@H]2C(=O)N(CCc3ccccc3)C(=O)[C@H]21. The second-order valence-corrected chi connectivity index (χ2v) is 9.17. The molecule has 3 amide bonds. The van der Waals surface area contributed by atoms with Gasteiger partial charge in [-0.25, -0.2) is 0 Å². The van der Waals surface area contributed by atoms with Crippen molar-refractivity contribution in [3.05, 3.63) is 64.7 Å². The van der Waals surface area contributed by atoms with E-state index in [4.69, 9.17) is 0 Å². The standard InChI is InChI=1S/C25H27N3O4/c1-13-9-10-17-20(14(13)2)26-24(32)25(17)19-18(21(27-25)15(3)29)22(30)28(23(19)31)12-11-16-7-5-4-6-8-16/h4-10,15,18-19,21,27,29H,11-12H2,1-3H3,(H,26,32)/t15-,18+,19+,21+,25-/m1/s1. The molecular weight excluding hydrogens is 406 g/mol. The summed E-state index contributed by atoms with van der Waals surface area (Å²) >= 11 is 0. The lowest BCUT2D eigenvalue weighted by atomic mass is 9.76. The number of imide groups is 1. The molecule has 2 aromatic rings. The van der Waals surface area contributed by atoms with Gasteiger partial charge in [0.05, 0.1) is 17.9 Å². The Bertz CT molecular complexity index is 1130. The van der Waals surface area contributed by atoms with Crippen LogP contribution in [0.15, 0.2) is 42.5 Å². The first-order valence-electron chi connectivity index (χ1n) is 11.0. The average molecular weight is 434 g/mol. The summed E-state index contributed by atoms with van der Waals surface area (Å²) in [5.41, 5.74) is 2.99. The predicted molar refractivity (Wildman–Crippen MR) is 119 cm³/mol. The predicted octanol–water partition coefficient (Wildman–Crippen LogP) is 1.65. The van der Waals surface area contributed by atoms with Gasteiger partial charge in [0, 0.05) is 23.8 Å². The largest absolute Gasteiger partial charge is 0.392 e. The van der Waals surface area contributed by atoms with E-state index in [9.17, 15) is 19.5 Å². The lowest BCUT2D eigenvalue weighted by Crippen LogP contribution is -2.55. The highest BCUT2D eigenvalue weighted by molar-refractivity contribution is 6.15. The molecule has 0 aromatic heterocycles. The van der Waals surface area contributed by atoms with E-state index in [0.29, 0.717) is 17.7 Å². The summed E-state index contributed by atoms with van der Waals surface area (Å²) in [6.07, 6.45) is -0.366. The van der Waals surface area contributed by atoms with E-state index in [0.717, 1.165) is 16.7 Å². The van der Waals surface area contributed by atoms with Gasteiger partial charge in [0.15, 0.2) is 0 Å². The molecule has 0 aliphatic carbocycles. The van der Waals surface area contributed by atoms with E-state index in [1.165, 1.54) is 4.90 Å². The smallest absolute Gasteiger partial charge is 0.250 e. The van der Waals surface area contributed by atoms with Crippen LogP contribution in [0.2, 0.25) is 0 Å². The third-order valence-electron chi connectivity index (χ3n) is 7.43. The fraction of sp³-hybridized carbons (Fsp3) is 0.400. The minimum Gasteiger partial charge on any atom is -0.392 e. The molecular formula is C25H27N3O4. The van der Waals surface area contributed by atoms with Gasteiger partial charge in [-0.15, -0.1) is 0 Å². The van der Waals surface area contributed by atoms with E-state index in [2.05, 4.69) is 10.6 Å². The number of rotatable bonds is 4. The summed E-state index contributed by atoms with van der Waals surface area (Å²) in [6, 6.07) is 12.8. The summed E-state index contributed by atoms with van der Waals surface area (Å²) < 4.78 is 0. The Hall–Kier alpha value is -3.03. The van der Waals surface area contributed by atoms with Crippen molar-refractivity contribution in [2.24, 2.45) is 11.8 Å². The molecule has 3 N–H and O–H groups in total. The number of carbonyl (C=O) groups excluding carboxylic acids is 3. The van der Waals surface area contributed by atoms with E-state index in [-0.39, 0.29) is 24.3 Å². The number of hydrogen-bond acceptors (Lipinski definition) is 5. The molecule has 2 aromatic carbocycles. The molecule has 7 nitrogen and oxygen atoms in total. The van der Waals surface area contributed by atoms with E-state index >= 15 is 0 Å². The van der Waals surface area contributed by atoms with Crippen LogP contribution in [-0.2, 0) is 26.3 Å². The Morgan fingerprint density at radius 1 is 1.06 bits per heavy atom. The zero-order chi connectivity index (χ0) is 22.8. The molecule has 7 heteroatoms. The maximum Gasteiger partial charge on any atom is 0.250 e. The molecule has 32 heavy (non-hydrogen) atoms. The van der Waals surface area contributed by atoms with Crippen LogP contribution in [0.5, 0.6) is 0 Å². The van der Waals surface area contributed by atoms with Crippen molar-refractivity contribution in [1.29, 1.82) is 0 Å². The number of likely N-dealkylation sites (tertiary alicyclic amines) is 1. The zero-order valence-electron chi connectivity index (χ0n) is 18.4. The number of anilines is 1. The van der Waals surface area contributed by atoms with E-state index < -0.39 is 29.5 Å². The lowest BCUT2D eigenvalue weighted by Gasteiger charge is -2.30. The molecule has 0 bridgehead atoms. The first-order valence-corrected chi connectivity index (χ1v) is 11.0. The molecule has 3 aliphatic heterocycles. The van der Waals surface area contributed by atoms with E-state index in [1.54, 1.807) is 6.92 Å². The molecule has 166 valence electrons. The second kappa shape index (κ2) is 7.25. The number of hydrogen-bond donors (Lipinski definition) is 3. The van der Waals surface area contributed by atoms with Gasteiger partial charge >= 0.3 is 0 Å². The van der Waals surface area contributed by atoms with Gasteiger partial charge in [-0.2, -0.15) is 0 Å². The summed E-state index contributed by atoms with van der Waals surface area (Å²) in [6.45, 7) is 5.73. The van der Waals surface area contributed by atoms with E-state index in [1.807, 2.05) is 56.3 Å². The van der Waals surface area contributed by atoms with Crippen LogP contribution >= 0.6 is 0 Å². The summed E-state index contributed by atoms with van der Waals surface area (Å²) in [7, 11) is 0. The fourth-order valence-electron chi connectivity index (χ4n) is 5.63. The summed E-state index contributed by atoms with van der Waals surface area (Å²) in [4.78, 5) is 41.8. The lowest BCUT2D eigenvalue weighted by molar-refractivity contribution is -0.143. The normalized spacial score (nSPS) is 29.4. The fourth-order valence-corrected chi connectivity index (χ4v) is 5.63.